The van der Waals surface area contributed by atoms with Gasteiger partial charge in [-0.15, -0.1) is 0 Å². The Bertz CT molecular complexity index is 676. The van der Waals surface area contributed by atoms with Crippen molar-refractivity contribution in [1.29, 1.82) is 0 Å². The van der Waals surface area contributed by atoms with Gasteiger partial charge in [0.1, 0.15) is 5.75 Å². The molecular formula is C19H23BrN2O2. The molecule has 0 bridgehead atoms. The summed E-state index contributed by atoms with van der Waals surface area (Å²) in [5.41, 5.74) is 2.02. The lowest BCUT2D eigenvalue weighted by molar-refractivity contribution is -0.117. The molecule has 0 heterocycles. The number of nitrogens with one attached hydrogen (secondary N) is 1. The number of methoxy groups -OCH3 is 1. The minimum absolute atomic E-state index is 0.0585. The molecule has 1 atom stereocenters. The molecule has 0 saturated carbocycles. The van der Waals surface area contributed by atoms with Crippen LogP contribution in [0.4, 0.5) is 5.69 Å². The maximum Gasteiger partial charge on any atom is 0.240 e. The van der Waals surface area contributed by atoms with Crippen molar-refractivity contribution in [2.75, 3.05) is 25.1 Å². The molecule has 24 heavy (non-hydrogen) atoms. The number of nitrogens with zero attached hydrogens (tertiary/aromatic N) is 1. The summed E-state index contributed by atoms with van der Waals surface area (Å²) in [5, 5.41) is 3.30. The first-order valence-electron chi connectivity index (χ1n) is 7.99. The van der Waals surface area contributed by atoms with Crippen LogP contribution < -0.4 is 15.0 Å². The van der Waals surface area contributed by atoms with E-state index in [4.69, 9.17) is 4.74 Å². The number of benzene rings is 2. The number of hydrogen-bond acceptors (Lipinski definition) is 3. The van der Waals surface area contributed by atoms with E-state index in [0.29, 0.717) is 6.54 Å². The number of amides is 1. The number of rotatable bonds is 7. The van der Waals surface area contributed by atoms with Gasteiger partial charge in [0.15, 0.2) is 0 Å². The number of anilines is 1. The van der Waals surface area contributed by atoms with E-state index in [1.807, 2.05) is 62.4 Å². The van der Waals surface area contributed by atoms with E-state index in [2.05, 4.69) is 21.2 Å². The van der Waals surface area contributed by atoms with Crippen LogP contribution in [0.1, 0.15) is 25.5 Å². The molecular weight excluding hydrogens is 368 g/mol. The summed E-state index contributed by atoms with van der Waals surface area (Å²) >= 11 is 3.49. The summed E-state index contributed by atoms with van der Waals surface area (Å²) in [6.45, 7) is 4.95. The lowest BCUT2D eigenvalue weighted by Gasteiger charge is -2.23. The summed E-state index contributed by atoms with van der Waals surface area (Å²) in [7, 11) is 1.64. The maximum absolute atomic E-state index is 12.5. The van der Waals surface area contributed by atoms with Gasteiger partial charge in [0.05, 0.1) is 18.1 Å². The summed E-state index contributed by atoms with van der Waals surface area (Å²) < 4.78 is 6.15. The minimum Gasteiger partial charge on any atom is -0.496 e. The highest BCUT2D eigenvalue weighted by atomic mass is 79.9. The van der Waals surface area contributed by atoms with Crippen LogP contribution in [0.3, 0.4) is 0 Å². The first kappa shape index (κ1) is 18.5. The van der Waals surface area contributed by atoms with Crippen molar-refractivity contribution in [2.24, 2.45) is 0 Å². The molecule has 0 saturated heterocycles. The minimum atomic E-state index is 0.0585. The SMILES string of the molecule is CCN(C(=O)CNC(C)c1ccc(OC)c(Br)c1)c1ccccc1. The number of halogens is 1. The standard InChI is InChI=1S/C19H23BrN2O2/c1-4-22(16-8-6-5-7-9-16)19(23)13-21-14(2)15-10-11-18(24-3)17(20)12-15/h5-12,14,21H,4,13H2,1-3H3. The molecule has 5 heteroatoms. The Morgan fingerprint density at radius 3 is 2.54 bits per heavy atom. The second-order valence-electron chi connectivity index (χ2n) is 5.47. The van der Waals surface area contributed by atoms with Crippen LogP contribution in [0.25, 0.3) is 0 Å². The van der Waals surface area contributed by atoms with Crippen LogP contribution >= 0.6 is 15.9 Å². The molecule has 0 aliphatic rings. The van der Waals surface area contributed by atoms with Crippen molar-refractivity contribution in [2.45, 2.75) is 19.9 Å². The second-order valence-corrected chi connectivity index (χ2v) is 6.32. The van der Waals surface area contributed by atoms with E-state index in [1.54, 1.807) is 12.0 Å². The molecule has 128 valence electrons. The average Bonchev–Trinajstić information content (AvgIpc) is 2.61. The van der Waals surface area contributed by atoms with Crippen LogP contribution in [-0.2, 0) is 4.79 Å². The highest BCUT2D eigenvalue weighted by molar-refractivity contribution is 9.10. The van der Waals surface area contributed by atoms with E-state index >= 15 is 0 Å². The third kappa shape index (κ3) is 4.58. The molecule has 0 aromatic heterocycles. The normalized spacial score (nSPS) is 11.8. The zero-order valence-corrected chi connectivity index (χ0v) is 15.8. The van der Waals surface area contributed by atoms with Crippen molar-refractivity contribution in [3.8, 4) is 5.75 Å². The second kappa shape index (κ2) is 8.85. The molecule has 0 fully saturated rings. The number of para-hydroxylation sites is 1. The lowest BCUT2D eigenvalue weighted by atomic mass is 10.1. The highest BCUT2D eigenvalue weighted by Crippen LogP contribution is 2.27. The predicted octanol–water partition coefficient (Wildman–Crippen LogP) is 4.16. The number of ether oxygens (including phenoxy) is 1. The van der Waals surface area contributed by atoms with E-state index < -0.39 is 0 Å². The van der Waals surface area contributed by atoms with Crippen molar-refractivity contribution in [1.82, 2.24) is 5.32 Å². The fourth-order valence-electron chi connectivity index (χ4n) is 2.52. The van der Waals surface area contributed by atoms with Crippen LogP contribution in [0.15, 0.2) is 53.0 Å². The molecule has 1 unspecified atom stereocenters. The van der Waals surface area contributed by atoms with Crippen molar-refractivity contribution in [3.05, 3.63) is 58.6 Å². The molecule has 0 spiro atoms. The fraction of sp³-hybridized carbons (Fsp3) is 0.316. The van der Waals surface area contributed by atoms with Gasteiger partial charge in [0.25, 0.3) is 0 Å². The van der Waals surface area contributed by atoms with Crippen molar-refractivity contribution in [3.63, 3.8) is 0 Å². The van der Waals surface area contributed by atoms with Gasteiger partial charge in [0.2, 0.25) is 5.91 Å². The maximum atomic E-state index is 12.5. The molecule has 0 aliphatic carbocycles. The number of likely N-dealkylation sites (N-methyl/N-ethyl adjacent to an activating group) is 1. The van der Waals surface area contributed by atoms with Gasteiger partial charge in [-0.1, -0.05) is 24.3 Å². The largest absolute Gasteiger partial charge is 0.496 e. The average molecular weight is 391 g/mol. The van der Waals surface area contributed by atoms with E-state index in [9.17, 15) is 4.79 Å². The Kier molecular flexibility index (Phi) is 6.82. The lowest BCUT2D eigenvalue weighted by Crippen LogP contribution is -2.38. The first-order chi connectivity index (χ1) is 11.6. The third-order valence-electron chi connectivity index (χ3n) is 3.92. The molecule has 1 amide bonds. The van der Waals surface area contributed by atoms with E-state index in [-0.39, 0.29) is 18.5 Å². The molecule has 0 radical (unpaired) electrons. The molecule has 0 aliphatic heterocycles. The third-order valence-corrected chi connectivity index (χ3v) is 4.54. The zero-order valence-electron chi connectivity index (χ0n) is 14.3. The van der Waals surface area contributed by atoms with Crippen molar-refractivity contribution < 1.29 is 9.53 Å². The number of carbonyl (C=O) groups excluding carboxylic acids is 1. The number of carbonyl (C=O) groups is 1. The predicted molar refractivity (Wildman–Crippen MR) is 102 cm³/mol. The van der Waals surface area contributed by atoms with Gasteiger partial charge >= 0.3 is 0 Å². The zero-order chi connectivity index (χ0) is 17.5. The van der Waals surface area contributed by atoms with Crippen LogP contribution in [0.2, 0.25) is 0 Å². The van der Waals surface area contributed by atoms with Gasteiger partial charge in [-0.05, 0) is 59.6 Å². The van der Waals surface area contributed by atoms with Crippen LogP contribution in [-0.4, -0.2) is 26.1 Å². The van der Waals surface area contributed by atoms with Crippen molar-refractivity contribution >= 4 is 27.5 Å². The van der Waals surface area contributed by atoms with Gasteiger partial charge < -0.3 is 15.0 Å². The highest BCUT2D eigenvalue weighted by Gasteiger charge is 2.15. The monoisotopic (exact) mass is 390 g/mol. The summed E-state index contributed by atoms with van der Waals surface area (Å²) in [5.74, 6) is 0.853. The summed E-state index contributed by atoms with van der Waals surface area (Å²) in [6.07, 6.45) is 0. The summed E-state index contributed by atoms with van der Waals surface area (Å²) in [4.78, 5) is 14.3. The Labute approximate surface area is 151 Å². The smallest absolute Gasteiger partial charge is 0.240 e. The van der Waals surface area contributed by atoms with E-state index in [1.165, 1.54) is 0 Å². The van der Waals surface area contributed by atoms with Gasteiger partial charge in [-0.3, -0.25) is 4.79 Å². The van der Waals surface area contributed by atoms with Crippen LogP contribution in [0, 0.1) is 0 Å². The first-order valence-corrected chi connectivity index (χ1v) is 8.78. The summed E-state index contributed by atoms with van der Waals surface area (Å²) in [6, 6.07) is 15.7. The quantitative estimate of drug-likeness (QED) is 0.771. The van der Waals surface area contributed by atoms with Gasteiger partial charge in [0, 0.05) is 18.3 Å². The Morgan fingerprint density at radius 2 is 1.96 bits per heavy atom. The topological polar surface area (TPSA) is 41.6 Å². The molecule has 1 N–H and O–H groups in total. The Balaban J connectivity index is 1.98. The Hall–Kier alpha value is -1.85. The molecule has 2 aromatic carbocycles. The molecule has 4 nitrogen and oxygen atoms in total. The van der Waals surface area contributed by atoms with Gasteiger partial charge in [-0.25, -0.2) is 0 Å². The Morgan fingerprint density at radius 1 is 1.25 bits per heavy atom. The molecule has 2 aromatic rings. The number of hydrogen-bond donors (Lipinski definition) is 1. The molecule has 2 rings (SSSR count). The fourth-order valence-corrected chi connectivity index (χ4v) is 3.07. The van der Waals surface area contributed by atoms with E-state index in [0.717, 1.165) is 21.5 Å². The van der Waals surface area contributed by atoms with Gasteiger partial charge in [-0.2, -0.15) is 0 Å². The van der Waals surface area contributed by atoms with Crippen LogP contribution in [0.5, 0.6) is 5.75 Å².